The van der Waals surface area contributed by atoms with Gasteiger partial charge >= 0.3 is 0 Å². The number of aliphatic hydroxyl groups excluding tert-OH is 1. The Bertz CT molecular complexity index is 111. The van der Waals surface area contributed by atoms with E-state index in [1.54, 1.807) is 6.08 Å². The molecule has 2 nitrogen and oxygen atoms in total. The van der Waals surface area contributed by atoms with E-state index < -0.39 is 0 Å². The quantitative estimate of drug-likeness (QED) is 0.526. The van der Waals surface area contributed by atoms with E-state index in [0.29, 0.717) is 12.3 Å². The lowest BCUT2D eigenvalue weighted by Crippen LogP contribution is -2.10. The molecule has 0 amide bonds. The molecule has 0 aliphatic carbocycles. The minimum atomic E-state index is -0.153. The van der Waals surface area contributed by atoms with Crippen molar-refractivity contribution in [2.45, 2.75) is 20.8 Å². The van der Waals surface area contributed by atoms with Crippen molar-refractivity contribution in [3.63, 3.8) is 0 Å². The fourth-order valence-corrected chi connectivity index (χ4v) is 0.418. The van der Waals surface area contributed by atoms with Gasteiger partial charge in [-0.05, 0) is 6.08 Å². The standard InChI is InChI=1S/C7H15NO/c1-7(2,3)6(9)4-5-8/h4,9H,5,8H2,1-3H3/b6-4-. The Morgan fingerprint density at radius 2 is 2.00 bits per heavy atom. The molecule has 54 valence electrons. The van der Waals surface area contributed by atoms with Gasteiger partial charge in [-0.3, -0.25) is 0 Å². The molecular weight excluding hydrogens is 114 g/mol. The highest BCUT2D eigenvalue weighted by Crippen LogP contribution is 2.21. The van der Waals surface area contributed by atoms with E-state index in [4.69, 9.17) is 10.8 Å². The predicted octanol–water partition coefficient (Wildman–Crippen LogP) is 1.43. The minimum Gasteiger partial charge on any atom is -0.512 e. The smallest absolute Gasteiger partial charge is 0.0948 e. The van der Waals surface area contributed by atoms with E-state index in [9.17, 15) is 0 Å². The summed E-state index contributed by atoms with van der Waals surface area (Å²) < 4.78 is 0. The first-order valence-electron chi connectivity index (χ1n) is 3.08. The van der Waals surface area contributed by atoms with Crippen LogP contribution in [0.25, 0.3) is 0 Å². The molecule has 0 aromatic carbocycles. The topological polar surface area (TPSA) is 46.2 Å². The van der Waals surface area contributed by atoms with Gasteiger partial charge in [0.25, 0.3) is 0 Å². The molecule has 3 N–H and O–H groups in total. The molecule has 0 aromatic heterocycles. The molecule has 0 aromatic rings. The molecule has 0 unspecified atom stereocenters. The van der Waals surface area contributed by atoms with Gasteiger partial charge in [-0.2, -0.15) is 0 Å². The monoisotopic (exact) mass is 129 g/mol. The number of nitrogens with two attached hydrogens (primary N) is 1. The van der Waals surface area contributed by atoms with Gasteiger partial charge in [0.05, 0.1) is 5.76 Å². The molecule has 0 spiro atoms. The number of rotatable bonds is 1. The van der Waals surface area contributed by atoms with Crippen LogP contribution in [0, 0.1) is 5.41 Å². The van der Waals surface area contributed by atoms with Gasteiger partial charge in [-0.15, -0.1) is 0 Å². The first-order chi connectivity index (χ1) is 3.98. The van der Waals surface area contributed by atoms with Crippen LogP contribution in [0.2, 0.25) is 0 Å². The van der Waals surface area contributed by atoms with Crippen LogP contribution in [-0.2, 0) is 0 Å². The van der Waals surface area contributed by atoms with Gasteiger partial charge in [0.2, 0.25) is 0 Å². The number of aliphatic hydroxyl groups is 1. The maximum Gasteiger partial charge on any atom is 0.0948 e. The Labute approximate surface area is 56.4 Å². The minimum absolute atomic E-state index is 0.153. The fraction of sp³-hybridized carbons (Fsp3) is 0.714. The van der Waals surface area contributed by atoms with Gasteiger partial charge in [0, 0.05) is 12.0 Å². The van der Waals surface area contributed by atoms with Crippen LogP contribution < -0.4 is 5.73 Å². The largest absolute Gasteiger partial charge is 0.512 e. The third-order valence-electron chi connectivity index (χ3n) is 1.08. The van der Waals surface area contributed by atoms with Crippen molar-refractivity contribution < 1.29 is 5.11 Å². The van der Waals surface area contributed by atoms with Crippen molar-refractivity contribution in [1.82, 2.24) is 0 Å². The molecular formula is C7H15NO. The van der Waals surface area contributed by atoms with Crippen molar-refractivity contribution in [3.05, 3.63) is 11.8 Å². The number of hydrogen-bond donors (Lipinski definition) is 2. The average molecular weight is 129 g/mol. The highest BCUT2D eigenvalue weighted by molar-refractivity contribution is 5.01. The van der Waals surface area contributed by atoms with Crippen LogP contribution in [0.5, 0.6) is 0 Å². The van der Waals surface area contributed by atoms with E-state index in [1.807, 2.05) is 20.8 Å². The van der Waals surface area contributed by atoms with Gasteiger partial charge in [0.1, 0.15) is 0 Å². The first kappa shape index (κ1) is 8.50. The van der Waals surface area contributed by atoms with Crippen LogP contribution in [0.3, 0.4) is 0 Å². The van der Waals surface area contributed by atoms with Crippen molar-refractivity contribution in [2.24, 2.45) is 11.1 Å². The predicted molar refractivity (Wildman–Crippen MR) is 39.2 cm³/mol. The summed E-state index contributed by atoms with van der Waals surface area (Å²) >= 11 is 0. The summed E-state index contributed by atoms with van der Waals surface area (Å²) in [4.78, 5) is 0. The highest BCUT2D eigenvalue weighted by atomic mass is 16.3. The van der Waals surface area contributed by atoms with Crippen molar-refractivity contribution >= 4 is 0 Å². The Hall–Kier alpha value is -0.500. The zero-order chi connectivity index (χ0) is 7.49. The fourth-order valence-electron chi connectivity index (χ4n) is 0.418. The Morgan fingerprint density at radius 3 is 2.11 bits per heavy atom. The summed E-state index contributed by atoms with van der Waals surface area (Å²) in [5.74, 6) is 0.366. The lowest BCUT2D eigenvalue weighted by Gasteiger charge is -2.16. The second-order valence-corrected chi connectivity index (χ2v) is 3.08. The lowest BCUT2D eigenvalue weighted by molar-refractivity contribution is 0.276. The normalized spacial score (nSPS) is 14.0. The van der Waals surface area contributed by atoms with Crippen LogP contribution in [0.15, 0.2) is 11.8 Å². The maximum absolute atomic E-state index is 9.17. The van der Waals surface area contributed by atoms with E-state index >= 15 is 0 Å². The molecule has 0 aliphatic rings. The zero-order valence-corrected chi connectivity index (χ0v) is 6.31. The Kier molecular flexibility index (Phi) is 2.71. The summed E-state index contributed by atoms with van der Waals surface area (Å²) in [5.41, 5.74) is 5.04. The van der Waals surface area contributed by atoms with Gasteiger partial charge in [-0.25, -0.2) is 0 Å². The van der Waals surface area contributed by atoms with Crippen LogP contribution in [0.1, 0.15) is 20.8 Å². The summed E-state index contributed by atoms with van der Waals surface area (Å²) in [7, 11) is 0. The third kappa shape index (κ3) is 3.14. The van der Waals surface area contributed by atoms with Crippen LogP contribution in [-0.4, -0.2) is 11.7 Å². The molecule has 0 heterocycles. The molecule has 0 aliphatic heterocycles. The van der Waals surface area contributed by atoms with Gasteiger partial charge in [-0.1, -0.05) is 20.8 Å². The van der Waals surface area contributed by atoms with E-state index in [1.165, 1.54) is 0 Å². The molecule has 9 heavy (non-hydrogen) atoms. The molecule has 0 saturated carbocycles. The molecule has 0 saturated heterocycles. The van der Waals surface area contributed by atoms with E-state index in [0.717, 1.165) is 0 Å². The number of allylic oxidation sites excluding steroid dienone is 1. The second kappa shape index (κ2) is 2.87. The Balaban J connectivity index is 4.03. The molecule has 2 heteroatoms. The molecule has 0 rings (SSSR count). The first-order valence-corrected chi connectivity index (χ1v) is 3.08. The zero-order valence-electron chi connectivity index (χ0n) is 6.31. The molecule has 0 atom stereocenters. The summed E-state index contributed by atoms with van der Waals surface area (Å²) in [6, 6.07) is 0. The van der Waals surface area contributed by atoms with Crippen molar-refractivity contribution in [2.75, 3.05) is 6.54 Å². The van der Waals surface area contributed by atoms with Gasteiger partial charge in [0.15, 0.2) is 0 Å². The molecule has 0 fully saturated rings. The molecule has 0 radical (unpaired) electrons. The summed E-state index contributed by atoms with van der Waals surface area (Å²) in [5, 5.41) is 9.17. The Morgan fingerprint density at radius 1 is 1.56 bits per heavy atom. The average Bonchev–Trinajstić information content (AvgIpc) is 1.64. The van der Waals surface area contributed by atoms with Crippen LogP contribution in [0.4, 0.5) is 0 Å². The van der Waals surface area contributed by atoms with E-state index in [2.05, 4.69) is 0 Å². The third-order valence-corrected chi connectivity index (χ3v) is 1.08. The SMILES string of the molecule is CC(C)(C)/C(O)=C/CN. The van der Waals surface area contributed by atoms with Crippen molar-refractivity contribution in [3.8, 4) is 0 Å². The van der Waals surface area contributed by atoms with Gasteiger partial charge < -0.3 is 10.8 Å². The van der Waals surface area contributed by atoms with Crippen LogP contribution >= 0.6 is 0 Å². The highest BCUT2D eigenvalue weighted by Gasteiger charge is 2.14. The maximum atomic E-state index is 9.17. The summed E-state index contributed by atoms with van der Waals surface area (Å²) in [6.07, 6.45) is 1.62. The van der Waals surface area contributed by atoms with Crippen molar-refractivity contribution in [1.29, 1.82) is 0 Å². The summed E-state index contributed by atoms with van der Waals surface area (Å²) in [6.45, 7) is 6.22. The second-order valence-electron chi connectivity index (χ2n) is 3.08. The lowest BCUT2D eigenvalue weighted by atomic mass is 9.94. The van der Waals surface area contributed by atoms with E-state index in [-0.39, 0.29) is 5.41 Å². The molecule has 0 bridgehead atoms. The number of hydrogen-bond acceptors (Lipinski definition) is 2.